The van der Waals surface area contributed by atoms with Crippen LogP contribution in [0.25, 0.3) is 0 Å². The highest BCUT2D eigenvalue weighted by atomic mass is 32.2. The fraction of sp³-hybridized carbons (Fsp3) is 0.875. The van der Waals surface area contributed by atoms with E-state index in [0.717, 1.165) is 17.1 Å². The van der Waals surface area contributed by atoms with Crippen molar-refractivity contribution in [3.05, 3.63) is 0 Å². The molecule has 1 saturated heterocycles. The van der Waals surface area contributed by atoms with Gasteiger partial charge in [0, 0.05) is 7.05 Å². The van der Waals surface area contributed by atoms with Crippen LogP contribution < -0.4 is 0 Å². The molecule has 0 aromatic rings. The van der Waals surface area contributed by atoms with Crippen LogP contribution in [0.4, 0.5) is 13.2 Å². The smallest absolute Gasteiger partial charge is 0.336 e. The number of hydrogen-bond donors (Lipinski definition) is 0. The van der Waals surface area contributed by atoms with Crippen molar-refractivity contribution in [2.75, 3.05) is 19.3 Å². The number of thioether (sulfide) groups is 1. The zero-order valence-electron chi connectivity index (χ0n) is 7.80. The van der Waals surface area contributed by atoms with Gasteiger partial charge >= 0.3 is 6.18 Å². The number of amides is 1. The third-order valence-electron chi connectivity index (χ3n) is 2.00. The van der Waals surface area contributed by atoms with E-state index in [1.165, 1.54) is 18.8 Å². The summed E-state index contributed by atoms with van der Waals surface area (Å²) in [4.78, 5) is 12.2. The van der Waals surface area contributed by atoms with E-state index in [0.29, 0.717) is 6.42 Å². The topological polar surface area (TPSA) is 20.3 Å². The molecule has 0 bridgehead atoms. The van der Waals surface area contributed by atoms with E-state index in [9.17, 15) is 18.0 Å². The summed E-state index contributed by atoms with van der Waals surface area (Å²) >= 11 is 1.45. The summed E-state index contributed by atoms with van der Waals surface area (Å²) in [5.74, 6) is 0.473. The van der Waals surface area contributed by atoms with Gasteiger partial charge in [-0.25, -0.2) is 0 Å². The van der Waals surface area contributed by atoms with Gasteiger partial charge in [0.25, 0.3) is 0 Å². The van der Waals surface area contributed by atoms with Gasteiger partial charge < -0.3 is 4.90 Å². The highest BCUT2D eigenvalue weighted by Crippen LogP contribution is 2.28. The van der Waals surface area contributed by atoms with Gasteiger partial charge in [0.05, 0.1) is 5.25 Å². The molecule has 1 amide bonds. The van der Waals surface area contributed by atoms with Crippen LogP contribution in [-0.4, -0.2) is 41.6 Å². The van der Waals surface area contributed by atoms with Crippen molar-refractivity contribution in [1.82, 2.24) is 4.90 Å². The summed E-state index contributed by atoms with van der Waals surface area (Å²) in [5.41, 5.74) is 0. The summed E-state index contributed by atoms with van der Waals surface area (Å²) in [7, 11) is 1.20. The Kier molecular flexibility index (Phi) is 3.69. The Morgan fingerprint density at radius 2 is 2.21 bits per heavy atom. The lowest BCUT2D eigenvalue weighted by Gasteiger charge is -2.21. The molecule has 14 heavy (non-hydrogen) atoms. The molecule has 1 heterocycles. The normalized spacial score (nSPS) is 22.4. The maximum absolute atomic E-state index is 12.0. The first-order valence-corrected chi connectivity index (χ1v) is 5.38. The Morgan fingerprint density at radius 3 is 2.64 bits per heavy atom. The van der Waals surface area contributed by atoms with Crippen LogP contribution in [0.15, 0.2) is 0 Å². The fourth-order valence-corrected chi connectivity index (χ4v) is 2.64. The number of carbonyl (C=O) groups is 1. The molecule has 0 aromatic heterocycles. The molecule has 1 fully saturated rings. The molecule has 0 aromatic carbocycles. The summed E-state index contributed by atoms with van der Waals surface area (Å²) < 4.78 is 35.9. The van der Waals surface area contributed by atoms with Gasteiger partial charge in [0.15, 0.2) is 0 Å². The lowest BCUT2D eigenvalue weighted by Crippen LogP contribution is -2.39. The van der Waals surface area contributed by atoms with E-state index in [1.54, 1.807) is 0 Å². The minimum absolute atomic E-state index is 0.262. The molecule has 0 N–H and O–H groups in total. The standard InChI is InChI=1S/C8H12F3NOS/c1-12(5-8(9,10)11)7(13)6-3-2-4-14-6/h6H,2-5H2,1H3/t6-/m1/s1. The summed E-state index contributed by atoms with van der Waals surface area (Å²) in [6.07, 6.45) is -2.68. The lowest BCUT2D eigenvalue weighted by atomic mass is 10.2. The maximum atomic E-state index is 12.0. The minimum atomic E-state index is -4.30. The third-order valence-corrected chi connectivity index (χ3v) is 3.36. The van der Waals surface area contributed by atoms with Crippen LogP contribution in [0.5, 0.6) is 0 Å². The van der Waals surface area contributed by atoms with E-state index in [4.69, 9.17) is 0 Å². The highest BCUT2D eigenvalue weighted by Gasteiger charge is 2.34. The van der Waals surface area contributed by atoms with Gasteiger partial charge in [-0.1, -0.05) is 0 Å². The second kappa shape index (κ2) is 4.42. The lowest BCUT2D eigenvalue weighted by molar-refractivity contribution is -0.158. The first-order valence-electron chi connectivity index (χ1n) is 4.33. The number of hydrogen-bond acceptors (Lipinski definition) is 2. The van der Waals surface area contributed by atoms with Gasteiger partial charge in [-0.15, -0.1) is 11.8 Å². The average Bonchev–Trinajstić information content (AvgIpc) is 2.51. The number of carbonyl (C=O) groups excluding carboxylic acids is 1. The predicted molar refractivity (Wildman–Crippen MR) is 49.2 cm³/mol. The van der Waals surface area contributed by atoms with Gasteiger partial charge in [0.2, 0.25) is 5.91 Å². The first kappa shape index (κ1) is 11.7. The van der Waals surface area contributed by atoms with Crippen molar-refractivity contribution in [3.63, 3.8) is 0 Å². The Labute approximate surface area is 84.8 Å². The predicted octanol–water partition coefficient (Wildman–Crippen LogP) is 1.90. The van der Waals surface area contributed by atoms with Crippen LogP contribution in [-0.2, 0) is 4.79 Å². The zero-order valence-corrected chi connectivity index (χ0v) is 8.62. The molecule has 0 saturated carbocycles. The summed E-state index contributed by atoms with van der Waals surface area (Å²) in [5, 5.41) is -0.262. The summed E-state index contributed by atoms with van der Waals surface area (Å²) in [6, 6.07) is 0. The Hall–Kier alpha value is -0.390. The van der Waals surface area contributed by atoms with E-state index in [2.05, 4.69) is 0 Å². The van der Waals surface area contributed by atoms with Gasteiger partial charge in [0.1, 0.15) is 6.54 Å². The summed E-state index contributed by atoms with van der Waals surface area (Å²) in [6.45, 7) is -1.15. The third kappa shape index (κ3) is 3.40. The number of alkyl halides is 3. The molecular formula is C8H12F3NOS. The van der Waals surface area contributed by atoms with Crippen LogP contribution in [0.1, 0.15) is 12.8 Å². The van der Waals surface area contributed by atoms with Crippen molar-refractivity contribution >= 4 is 17.7 Å². The highest BCUT2D eigenvalue weighted by molar-refractivity contribution is 8.00. The molecule has 1 atom stereocenters. The van der Waals surface area contributed by atoms with E-state index >= 15 is 0 Å². The molecular weight excluding hydrogens is 215 g/mol. The molecule has 1 aliphatic heterocycles. The monoisotopic (exact) mass is 227 g/mol. The van der Waals surface area contributed by atoms with E-state index in [1.807, 2.05) is 0 Å². The Balaban J connectivity index is 2.43. The molecule has 1 rings (SSSR count). The van der Waals surface area contributed by atoms with Gasteiger partial charge in [-0.2, -0.15) is 13.2 Å². The zero-order chi connectivity index (χ0) is 10.8. The van der Waals surface area contributed by atoms with E-state index in [-0.39, 0.29) is 5.25 Å². The van der Waals surface area contributed by atoms with Crippen molar-refractivity contribution in [2.45, 2.75) is 24.3 Å². The van der Waals surface area contributed by atoms with Crippen molar-refractivity contribution in [1.29, 1.82) is 0 Å². The van der Waals surface area contributed by atoms with Crippen LogP contribution in [0.3, 0.4) is 0 Å². The molecule has 0 spiro atoms. The largest absolute Gasteiger partial charge is 0.406 e. The number of nitrogens with zero attached hydrogens (tertiary/aromatic N) is 1. The molecule has 0 radical (unpaired) electrons. The minimum Gasteiger partial charge on any atom is -0.336 e. The fourth-order valence-electron chi connectivity index (χ4n) is 1.37. The molecule has 82 valence electrons. The SMILES string of the molecule is CN(CC(F)(F)F)C(=O)[C@H]1CCCS1. The second-order valence-electron chi connectivity index (χ2n) is 3.31. The Bertz CT molecular complexity index is 213. The van der Waals surface area contributed by atoms with Gasteiger partial charge in [-0.3, -0.25) is 4.79 Å². The number of rotatable bonds is 2. The maximum Gasteiger partial charge on any atom is 0.406 e. The van der Waals surface area contributed by atoms with Crippen LogP contribution in [0, 0.1) is 0 Å². The van der Waals surface area contributed by atoms with Crippen LogP contribution in [0.2, 0.25) is 0 Å². The quantitative estimate of drug-likeness (QED) is 0.718. The van der Waals surface area contributed by atoms with Crippen molar-refractivity contribution in [3.8, 4) is 0 Å². The molecule has 6 heteroatoms. The van der Waals surface area contributed by atoms with Crippen LogP contribution >= 0.6 is 11.8 Å². The molecule has 0 aliphatic carbocycles. The molecule has 0 unspecified atom stereocenters. The van der Waals surface area contributed by atoms with Crippen molar-refractivity contribution in [2.24, 2.45) is 0 Å². The first-order chi connectivity index (χ1) is 6.40. The van der Waals surface area contributed by atoms with E-state index < -0.39 is 18.6 Å². The Morgan fingerprint density at radius 1 is 1.57 bits per heavy atom. The van der Waals surface area contributed by atoms with Gasteiger partial charge in [-0.05, 0) is 18.6 Å². The number of halogens is 3. The van der Waals surface area contributed by atoms with Crippen molar-refractivity contribution < 1.29 is 18.0 Å². The second-order valence-corrected chi connectivity index (χ2v) is 4.62. The average molecular weight is 227 g/mol. The molecule has 2 nitrogen and oxygen atoms in total. The molecule has 1 aliphatic rings.